The largest absolute Gasteiger partial charge is 0.319 e. The average Bonchev–Trinajstić information content (AvgIpc) is 2.89. The highest BCUT2D eigenvalue weighted by molar-refractivity contribution is 7.18. The molecule has 0 unspecified atom stereocenters. The van der Waals surface area contributed by atoms with Gasteiger partial charge in [-0.3, -0.25) is 14.4 Å². The van der Waals surface area contributed by atoms with Crippen LogP contribution in [0.25, 0.3) is 0 Å². The van der Waals surface area contributed by atoms with E-state index in [4.69, 9.17) is 11.6 Å². The summed E-state index contributed by atoms with van der Waals surface area (Å²) in [6, 6.07) is 8.68. The zero-order valence-corrected chi connectivity index (χ0v) is 13.7. The molecule has 0 aliphatic carbocycles. The molecule has 4 nitrogen and oxygen atoms in total. The van der Waals surface area contributed by atoms with Gasteiger partial charge in [-0.2, -0.15) is 0 Å². The maximum Gasteiger partial charge on any atom is 0.292 e. The Kier molecular flexibility index (Phi) is 5.11. The van der Waals surface area contributed by atoms with Crippen LogP contribution in [0.5, 0.6) is 0 Å². The number of carbonyl (C=O) groups is 3. The van der Waals surface area contributed by atoms with E-state index in [-0.39, 0.29) is 0 Å². The minimum Gasteiger partial charge on any atom is -0.319 e. The van der Waals surface area contributed by atoms with E-state index >= 15 is 0 Å². The molecule has 0 aliphatic heterocycles. The number of thiophene rings is 1. The Morgan fingerprint density at radius 2 is 1.86 bits per heavy atom. The fraction of sp³-hybridized carbons (Fsp3) is 0.188. The highest BCUT2D eigenvalue weighted by Gasteiger charge is 2.20. The number of aryl methyl sites for hydroxylation is 2. The zero-order valence-electron chi connectivity index (χ0n) is 12.1. The van der Waals surface area contributed by atoms with Gasteiger partial charge in [-0.1, -0.05) is 23.7 Å². The van der Waals surface area contributed by atoms with Crippen molar-refractivity contribution < 1.29 is 14.4 Å². The summed E-state index contributed by atoms with van der Waals surface area (Å²) in [4.78, 5) is 36.1. The number of benzene rings is 1. The molecule has 2 aromatic rings. The Balaban J connectivity index is 2.02. The second kappa shape index (κ2) is 6.85. The van der Waals surface area contributed by atoms with Gasteiger partial charge in [0.15, 0.2) is 5.78 Å². The number of hydrogen-bond acceptors (Lipinski definition) is 4. The number of amides is 1. The van der Waals surface area contributed by atoms with Gasteiger partial charge in [0.25, 0.3) is 5.91 Å². The van der Waals surface area contributed by atoms with Gasteiger partial charge >= 0.3 is 0 Å². The molecule has 0 saturated carbocycles. The molecule has 1 aromatic heterocycles. The Labute approximate surface area is 137 Å². The van der Waals surface area contributed by atoms with E-state index in [1.54, 1.807) is 18.2 Å². The third-order valence-corrected chi connectivity index (χ3v) is 4.34. The number of ketones is 2. The highest BCUT2D eigenvalue weighted by Crippen LogP contribution is 2.23. The summed E-state index contributed by atoms with van der Waals surface area (Å²) >= 11 is 6.84. The van der Waals surface area contributed by atoms with E-state index in [2.05, 4.69) is 5.32 Å². The number of Topliss-reactive ketones (excluding diaryl/α,β-unsaturated/α-hetero) is 2. The Hall–Kier alpha value is -1.98. The topological polar surface area (TPSA) is 63.2 Å². The number of halogens is 1. The van der Waals surface area contributed by atoms with Gasteiger partial charge in [0.05, 0.1) is 15.6 Å². The molecule has 22 heavy (non-hydrogen) atoms. The van der Waals surface area contributed by atoms with Gasteiger partial charge in [-0.25, -0.2) is 0 Å². The van der Waals surface area contributed by atoms with Crippen LogP contribution in [-0.2, 0) is 9.59 Å². The first kappa shape index (κ1) is 16.4. The van der Waals surface area contributed by atoms with Crippen LogP contribution in [0.1, 0.15) is 27.2 Å². The van der Waals surface area contributed by atoms with Crippen molar-refractivity contribution in [3.63, 3.8) is 0 Å². The summed E-state index contributed by atoms with van der Waals surface area (Å²) in [5.41, 5.74) is 2.39. The fourth-order valence-corrected chi connectivity index (χ4v) is 2.82. The molecule has 0 atom stereocenters. The molecule has 0 bridgehead atoms. The molecule has 2 rings (SSSR count). The third kappa shape index (κ3) is 4.02. The third-order valence-electron chi connectivity index (χ3n) is 3.06. The number of nitrogens with one attached hydrogen (secondary N) is 1. The van der Waals surface area contributed by atoms with E-state index in [1.807, 2.05) is 26.0 Å². The van der Waals surface area contributed by atoms with Gasteiger partial charge < -0.3 is 5.32 Å². The predicted octanol–water partition coefficient (Wildman–Crippen LogP) is 3.80. The number of rotatable bonds is 5. The quantitative estimate of drug-likeness (QED) is 0.513. The molecule has 1 aromatic carbocycles. The van der Waals surface area contributed by atoms with Crippen LogP contribution in [0.15, 0.2) is 30.3 Å². The smallest absolute Gasteiger partial charge is 0.292 e. The van der Waals surface area contributed by atoms with Gasteiger partial charge in [0, 0.05) is 5.69 Å². The standard InChI is InChI=1S/C16H14ClNO3S/c1-9-3-4-10(2)11(7-9)18-16(21)13(20)8-12(19)14-5-6-15(17)22-14/h3-7H,8H2,1-2H3,(H,18,21). The Morgan fingerprint density at radius 3 is 2.50 bits per heavy atom. The molecule has 1 amide bonds. The van der Waals surface area contributed by atoms with Crippen LogP contribution < -0.4 is 5.32 Å². The maximum atomic E-state index is 11.9. The van der Waals surface area contributed by atoms with Crippen LogP contribution in [0.3, 0.4) is 0 Å². The van der Waals surface area contributed by atoms with Crippen LogP contribution in [0, 0.1) is 13.8 Å². The lowest BCUT2D eigenvalue weighted by molar-refractivity contribution is -0.134. The van der Waals surface area contributed by atoms with Crippen molar-refractivity contribution in [3.05, 3.63) is 50.7 Å². The van der Waals surface area contributed by atoms with Gasteiger partial charge in [0.1, 0.15) is 0 Å². The summed E-state index contributed by atoms with van der Waals surface area (Å²) in [5, 5.41) is 2.55. The van der Waals surface area contributed by atoms with Crippen molar-refractivity contribution in [2.24, 2.45) is 0 Å². The van der Waals surface area contributed by atoms with Crippen molar-refractivity contribution in [3.8, 4) is 0 Å². The fourth-order valence-electron chi connectivity index (χ4n) is 1.84. The van der Waals surface area contributed by atoms with Crippen molar-refractivity contribution in [2.45, 2.75) is 20.3 Å². The van der Waals surface area contributed by atoms with Crippen molar-refractivity contribution in [1.29, 1.82) is 0 Å². The first-order valence-corrected chi connectivity index (χ1v) is 7.76. The summed E-state index contributed by atoms with van der Waals surface area (Å²) in [6.07, 6.45) is -0.465. The summed E-state index contributed by atoms with van der Waals surface area (Å²) in [5.74, 6) is -1.96. The molecule has 114 valence electrons. The average molecular weight is 336 g/mol. The van der Waals surface area contributed by atoms with E-state index in [9.17, 15) is 14.4 Å². The van der Waals surface area contributed by atoms with Crippen molar-refractivity contribution in [2.75, 3.05) is 5.32 Å². The van der Waals surface area contributed by atoms with E-state index in [0.717, 1.165) is 22.5 Å². The van der Waals surface area contributed by atoms with Gasteiger partial charge in [-0.15, -0.1) is 11.3 Å². The van der Waals surface area contributed by atoms with Crippen LogP contribution in [-0.4, -0.2) is 17.5 Å². The minimum absolute atomic E-state index is 0.373. The second-order valence-electron chi connectivity index (χ2n) is 4.90. The summed E-state index contributed by atoms with van der Waals surface area (Å²) < 4.78 is 0.468. The molecule has 1 heterocycles. The molecule has 0 saturated heterocycles. The molecule has 0 radical (unpaired) electrons. The molecule has 0 fully saturated rings. The van der Waals surface area contributed by atoms with Gasteiger partial charge in [-0.05, 0) is 43.2 Å². The molecule has 0 spiro atoms. The van der Waals surface area contributed by atoms with Crippen LogP contribution in [0.4, 0.5) is 5.69 Å². The minimum atomic E-state index is -0.787. The highest BCUT2D eigenvalue weighted by atomic mass is 35.5. The Morgan fingerprint density at radius 1 is 1.14 bits per heavy atom. The van der Waals surface area contributed by atoms with Crippen molar-refractivity contribution >= 4 is 46.1 Å². The molecular formula is C16H14ClNO3S. The molecular weight excluding hydrogens is 322 g/mol. The lowest BCUT2D eigenvalue weighted by atomic mass is 10.1. The Bertz CT molecular complexity index is 752. The van der Waals surface area contributed by atoms with Crippen molar-refractivity contribution in [1.82, 2.24) is 0 Å². The normalized spacial score (nSPS) is 10.3. The van der Waals surface area contributed by atoms with E-state index in [1.165, 1.54) is 0 Å². The molecule has 6 heteroatoms. The molecule has 0 aliphatic rings. The maximum absolute atomic E-state index is 11.9. The number of carbonyl (C=O) groups excluding carboxylic acids is 3. The van der Waals surface area contributed by atoms with Crippen LogP contribution >= 0.6 is 22.9 Å². The van der Waals surface area contributed by atoms with Gasteiger partial charge in [0.2, 0.25) is 5.78 Å². The lowest BCUT2D eigenvalue weighted by Crippen LogP contribution is -2.25. The summed E-state index contributed by atoms with van der Waals surface area (Å²) in [6.45, 7) is 3.72. The van der Waals surface area contributed by atoms with E-state index < -0.39 is 23.9 Å². The second-order valence-corrected chi connectivity index (χ2v) is 6.61. The number of hydrogen-bond donors (Lipinski definition) is 1. The first-order chi connectivity index (χ1) is 10.4. The predicted molar refractivity (Wildman–Crippen MR) is 87.8 cm³/mol. The SMILES string of the molecule is Cc1ccc(C)c(NC(=O)C(=O)CC(=O)c2ccc(Cl)s2)c1. The zero-order chi connectivity index (χ0) is 16.3. The van der Waals surface area contributed by atoms with Crippen LogP contribution in [0.2, 0.25) is 4.34 Å². The lowest BCUT2D eigenvalue weighted by Gasteiger charge is -2.08. The van der Waals surface area contributed by atoms with E-state index in [0.29, 0.717) is 14.9 Å². The molecule has 1 N–H and O–H groups in total. The first-order valence-electron chi connectivity index (χ1n) is 6.57. The summed E-state index contributed by atoms with van der Waals surface area (Å²) in [7, 11) is 0. The monoisotopic (exact) mass is 335 g/mol. The number of anilines is 1.